The molecule has 0 amide bonds. The van der Waals surface area contributed by atoms with Crippen molar-refractivity contribution < 1.29 is 4.74 Å². The molecule has 0 aliphatic carbocycles. The Labute approximate surface area is 123 Å². The van der Waals surface area contributed by atoms with E-state index < -0.39 is 0 Å². The number of para-hydroxylation sites is 1. The first-order chi connectivity index (χ1) is 10.4. The maximum absolute atomic E-state index is 5.85. The van der Waals surface area contributed by atoms with Gasteiger partial charge in [0, 0.05) is 6.20 Å². The van der Waals surface area contributed by atoms with Crippen LogP contribution in [0.15, 0.2) is 55.0 Å². The lowest BCUT2D eigenvalue weighted by atomic mass is 10.3. The summed E-state index contributed by atoms with van der Waals surface area (Å²) in [7, 11) is 0. The molecule has 0 saturated heterocycles. The van der Waals surface area contributed by atoms with Crippen LogP contribution in [0.5, 0.6) is 11.6 Å². The second-order valence-electron chi connectivity index (χ2n) is 4.24. The van der Waals surface area contributed by atoms with Crippen LogP contribution in [0.2, 0.25) is 0 Å². The number of benzene rings is 1. The van der Waals surface area contributed by atoms with E-state index in [1.165, 1.54) is 11.3 Å². The Morgan fingerprint density at radius 2 is 1.95 bits per heavy atom. The molecule has 0 bridgehead atoms. The van der Waals surface area contributed by atoms with Gasteiger partial charge in [-0.2, -0.15) is 9.61 Å². The first-order valence-electron chi connectivity index (χ1n) is 6.25. The average molecular weight is 295 g/mol. The molecular formula is C14H9N5OS. The summed E-state index contributed by atoms with van der Waals surface area (Å²) < 4.78 is 7.48. The van der Waals surface area contributed by atoms with E-state index in [-0.39, 0.29) is 0 Å². The topological polar surface area (TPSA) is 65.2 Å². The van der Waals surface area contributed by atoms with Gasteiger partial charge in [0.25, 0.3) is 0 Å². The van der Waals surface area contributed by atoms with Gasteiger partial charge in [0.15, 0.2) is 5.01 Å². The van der Waals surface area contributed by atoms with Gasteiger partial charge in [-0.1, -0.05) is 29.5 Å². The maximum Gasteiger partial charge on any atom is 0.234 e. The van der Waals surface area contributed by atoms with Crippen molar-refractivity contribution in [3.8, 4) is 22.2 Å². The van der Waals surface area contributed by atoms with E-state index in [0.717, 1.165) is 21.3 Å². The number of hydrogen-bond acceptors (Lipinski definition) is 6. The highest BCUT2D eigenvalue weighted by Crippen LogP contribution is 2.33. The van der Waals surface area contributed by atoms with Gasteiger partial charge in [0.2, 0.25) is 10.8 Å². The maximum atomic E-state index is 5.85. The summed E-state index contributed by atoms with van der Waals surface area (Å²) in [6.45, 7) is 0. The molecule has 0 spiro atoms. The fourth-order valence-electron chi connectivity index (χ4n) is 1.90. The first-order valence-corrected chi connectivity index (χ1v) is 7.07. The molecule has 7 heteroatoms. The quantitative estimate of drug-likeness (QED) is 0.581. The van der Waals surface area contributed by atoms with Crippen LogP contribution >= 0.6 is 11.3 Å². The minimum absolute atomic E-state index is 0.522. The minimum Gasteiger partial charge on any atom is -0.438 e. The van der Waals surface area contributed by atoms with Crippen LogP contribution < -0.4 is 4.74 Å². The molecule has 1 aromatic carbocycles. The molecule has 3 aromatic heterocycles. The average Bonchev–Trinajstić information content (AvgIpc) is 3.10. The van der Waals surface area contributed by atoms with E-state index in [4.69, 9.17) is 4.74 Å². The van der Waals surface area contributed by atoms with E-state index in [1.54, 1.807) is 17.0 Å². The van der Waals surface area contributed by atoms with Gasteiger partial charge < -0.3 is 4.74 Å². The van der Waals surface area contributed by atoms with E-state index in [2.05, 4.69) is 20.3 Å². The first kappa shape index (κ1) is 12.0. The van der Waals surface area contributed by atoms with E-state index >= 15 is 0 Å². The highest BCUT2D eigenvalue weighted by Gasteiger charge is 2.14. The van der Waals surface area contributed by atoms with Gasteiger partial charge in [-0.15, -0.1) is 10.2 Å². The molecule has 0 N–H and O–H groups in total. The van der Waals surface area contributed by atoms with Crippen molar-refractivity contribution in [2.45, 2.75) is 0 Å². The van der Waals surface area contributed by atoms with E-state index in [9.17, 15) is 0 Å². The predicted octanol–water partition coefficient (Wildman–Crippen LogP) is 3.04. The van der Waals surface area contributed by atoms with Crippen molar-refractivity contribution >= 4 is 16.3 Å². The molecule has 0 aliphatic heterocycles. The van der Waals surface area contributed by atoms with Gasteiger partial charge in [0.1, 0.15) is 12.1 Å². The molecule has 0 aliphatic rings. The molecule has 3 heterocycles. The number of aromatic nitrogens is 5. The lowest BCUT2D eigenvalue weighted by Crippen LogP contribution is -1.91. The second kappa shape index (κ2) is 4.95. The molecule has 21 heavy (non-hydrogen) atoms. The Balaban J connectivity index is 1.77. The molecule has 0 saturated carbocycles. The molecule has 4 aromatic rings. The summed E-state index contributed by atoms with van der Waals surface area (Å²) in [4.78, 5) is 5.04. The molecule has 4 rings (SSSR count). The fraction of sp³-hybridized carbons (Fsp3) is 0. The molecule has 0 unspecified atom stereocenters. The third kappa shape index (κ3) is 2.23. The van der Waals surface area contributed by atoms with Crippen molar-refractivity contribution in [2.75, 3.05) is 0 Å². The number of hydrogen-bond donors (Lipinski definition) is 0. The monoisotopic (exact) mass is 295 g/mol. The summed E-state index contributed by atoms with van der Waals surface area (Å²) >= 11 is 1.44. The Kier molecular flexibility index (Phi) is 2.82. The zero-order valence-electron chi connectivity index (χ0n) is 10.7. The highest BCUT2D eigenvalue weighted by molar-refractivity contribution is 7.19. The molecule has 0 fully saturated rings. The summed E-state index contributed by atoms with van der Waals surface area (Å²) in [5.41, 5.74) is 0.830. The molecule has 0 atom stereocenters. The Morgan fingerprint density at radius 3 is 2.81 bits per heavy atom. The number of ether oxygens (including phenoxy) is 1. The fourth-order valence-corrected chi connectivity index (χ4v) is 2.74. The second-order valence-corrected chi connectivity index (χ2v) is 5.19. The predicted molar refractivity (Wildman–Crippen MR) is 78.4 cm³/mol. The largest absolute Gasteiger partial charge is 0.438 e. The molecule has 6 nitrogen and oxygen atoms in total. The minimum atomic E-state index is 0.522. The van der Waals surface area contributed by atoms with Gasteiger partial charge in [-0.3, -0.25) is 0 Å². The lowest BCUT2D eigenvalue weighted by molar-refractivity contribution is 0.465. The van der Waals surface area contributed by atoms with Crippen molar-refractivity contribution in [1.29, 1.82) is 0 Å². The summed E-state index contributed by atoms with van der Waals surface area (Å²) in [6.07, 6.45) is 3.27. The number of fused-ring (bicyclic) bond motifs is 1. The van der Waals surface area contributed by atoms with Crippen molar-refractivity contribution in [1.82, 2.24) is 24.8 Å². The Hall–Kier alpha value is -2.80. The summed E-state index contributed by atoms with van der Waals surface area (Å²) in [5.74, 6) is 1.26. The lowest BCUT2D eigenvalue weighted by Gasteiger charge is -2.07. The normalized spacial score (nSPS) is 10.9. The zero-order chi connectivity index (χ0) is 14.1. The van der Waals surface area contributed by atoms with Crippen LogP contribution in [0.3, 0.4) is 0 Å². The van der Waals surface area contributed by atoms with Crippen LogP contribution in [0.25, 0.3) is 15.5 Å². The third-order valence-electron chi connectivity index (χ3n) is 2.85. The van der Waals surface area contributed by atoms with Crippen molar-refractivity contribution in [2.24, 2.45) is 0 Å². The molecular weight excluding hydrogens is 286 g/mol. The van der Waals surface area contributed by atoms with Crippen LogP contribution in [0, 0.1) is 0 Å². The Bertz CT molecular complexity index is 858. The smallest absolute Gasteiger partial charge is 0.234 e. The van der Waals surface area contributed by atoms with Gasteiger partial charge in [-0.25, -0.2) is 4.98 Å². The Morgan fingerprint density at radius 1 is 1.05 bits per heavy atom. The number of pyridine rings is 1. The summed E-state index contributed by atoms with van der Waals surface area (Å²) in [6, 6.07) is 13.3. The molecule has 0 radical (unpaired) electrons. The van der Waals surface area contributed by atoms with Gasteiger partial charge in [0.05, 0.1) is 5.56 Å². The number of nitrogens with zero attached hydrogens (tertiary/aromatic N) is 5. The van der Waals surface area contributed by atoms with Crippen LogP contribution in [0.4, 0.5) is 0 Å². The van der Waals surface area contributed by atoms with Gasteiger partial charge in [-0.05, 0) is 24.3 Å². The van der Waals surface area contributed by atoms with E-state index in [1.807, 2.05) is 42.5 Å². The molecule has 102 valence electrons. The van der Waals surface area contributed by atoms with Crippen molar-refractivity contribution in [3.05, 3.63) is 55.0 Å². The number of rotatable bonds is 3. The standard InChI is InChI=1S/C14H9N5OS/c1-2-5-10(6-3-1)20-12-11(7-4-8-15-12)13-18-19-9-16-17-14(19)21-13/h1-9H. The third-order valence-corrected chi connectivity index (χ3v) is 3.79. The van der Waals surface area contributed by atoms with Crippen LogP contribution in [0.1, 0.15) is 0 Å². The zero-order valence-corrected chi connectivity index (χ0v) is 11.6. The van der Waals surface area contributed by atoms with Crippen molar-refractivity contribution in [3.63, 3.8) is 0 Å². The van der Waals surface area contributed by atoms with E-state index in [0.29, 0.717) is 5.88 Å². The van der Waals surface area contributed by atoms with Gasteiger partial charge >= 0.3 is 0 Å². The SMILES string of the molecule is c1ccc(Oc2ncccc2-c2nn3cnnc3s2)cc1. The summed E-state index contributed by atoms with van der Waals surface area (Å²) in [5, 5.41) is 13.0. The van der Waals surface area contributed by atoms with Crippen LogP contribution in [-0.4, -0.2) is 24.8 Å². The highest BCUT2D eigenvalue weighted by atomic mass is 32.1. The van der Waals surface area contributed by atoms with Crippen LogP contribution in [-0.2, 0) is 0 Å².